The van der Waals surface area contributed by atoms with Gasteiger partial charge in [-0.05, 0) is 31.6 Å². The lowest BCUT2D eigenvalue weighted by Gasteiger charge is -2.34. The Balaban J connectivity index is 1.52. The maximum absolute atomic E-state index is 6.13. The number of ether oxygens (including phenoxy) is 1. The highest BCUT2D eigenvalue weighted by Gasteiger charge is 2.24. The highest BCUT2D eigenvalue weighted by Crippen LogP contribution is 2.31. The fourth-order valence-electron chi connectivity index (χ4n) is 3.49. The number of nitrogens with zero attached hydrogens (tertiary/aromatic N) is 3. The molecule has 0 radical (unpaired) electrons. The first-order valence-corrected chi connectivity index (χ1v) is 8.70. The number of hydrogen-bond acceptors (Lipinski definition) is 5. The lowest BCUT2D eigenvalue weighted by atomic mass is 10.1. The van der Waals surface area contributed by atoms with Crippen LogP contribution in [0.1, 0.15) is 38.5 Å². The minimum Gasteiger partial charge on any atom is -0.383 e. The topological polar surface area (TPSA) is 50.3 Å². The number of rotatable bonds is 5. The summed E-state index contributed by atoms with van der Waals surface area (Å²) >= 11 is 6.13. The first kappa shape index (κ1) is 15.8. The van der Waals surface area contributed by atoms with Gasteiger partial charge in [-0.2, -0.15) is 0 Å². The Morgan fingerprint density at radius 1 is 1.23 bits per heavy atom. The number of anilines is 2. The van der Waals surface area contributed by atoms with Crippen LogP contribution in [0.15, 0.2) is 6.33 Å². The molecule has 1 aliphatic carbocycles. The first-order chi connectivity index (χ1) is 10.8. The molecule has 2 heterocycles. The van der Waals surface area contributed by atoms with Gasteiger partial charge in [0, 0.05) is 26.7 Å². The van der Waals surface area contributed by atoms with Crippen LogP contribution in [-0.4, -0.2) is 42.8 Å². The molecule has 0 aromatic carbocycles. The molecule has 0 amide bonds. The van der Waals surface area contributed by atoms with Gasteiger partial charge in [-0.25, -0.2) is 9.97 Å². The van der Waals surface area contributed by atoms with Crippen molar-refractivity contribution in [3.63, 3.8) is 0 Å². The molecule has 1 N–H and O–H groups in total. The molecular formula is C16H25ClN4O. The summed E-state index contributed by atoms with van der Waals surface area (Å²) in [5, 5.41) is 3.58. The average molecular weight is 325 g/mol. The quantitative estimate of drug-likeness (QED) is 0.842. The summed E-state index contributed by atoms with van der Waals surface area (Å²) < 4.78 is 6.13. The Hall–Kier alpha value is -1.07. The minimum absolute atomic E-state index is 0.396. The van der Waals surface area contributed by atoms with Crippen molar-refractivity contribution in [1.82, 2.24) is 9.97 Å². The minimum atomic E-state index is 0.396. The number of aromatic nitrogens is 2. The van der Waals surface area contributed by atoms with Crippen LogP contribution in [0.3, 0.4) is 0 Å². The molecule has 0 spiro atoms. The summed E-state index contributed by atoms with van der Waals surface area (Å²) in [6.45, 7) is 2.86. The van der Waals surface area contributed by atoms with Crippen LogP contribution in [0.25, 0.3) is 0 Å². The van der Waals surface area contributed by atoms with Gasteiger partial charge in [-0.3, -0.25) is 0 Å². The van der Waals surface area contributed by atoms with Crippen LogP contribution in [0, 0.1) is 5.92 Å². The van der Waals surface area contributed by atoms with Gasteiger partial charge in [0.1, 0.15) is 12.0 Å². The zero-order valence-corrected chi connectivity index (χ0v) is 14.0. The monoisotopic (exact) mass is 324 g/mol. The van der Waals surface area contributed by atoms with E-state index in [1.165, 1.54) is 32.0 Å². The van der Waals surface area contributed by atoms with Crippen molar-refractivity contribution in [1.29, 1.82) is 0 Å². The van der Waals surface area contributed by atoms with Gasteiger partial charge in [0.05, 0.1) is 6.10 Å². The summed E-state index contributed by atoms with van der Waals surface area (Å²) in [6, 6.07) is 0. The summed E-state index contributed by atoms with van der Waals surface area (Å²) in [6.07, 6.45) is 9.50. The van der Waals surface area contributed by atoms with Gasteiger partial charge in [-0.1, -0.05) is 24.4 Å². The second-order valence-corrected chi connectivity index (χ2v) is 6.64. The third kappa shape index (κ3) is 3.63. The predicted molar refractivity (Wildman–Crippen MR) is 89.7 cm³/mol. The molecule has 1 saturated carbocycles. The molecule has 6 heteroatoms. The SMILES string of the molecule is CNc1c(Cl)ncnc1N1CCC(OCC2CCCC2)CC1. The van der Waals surface area contributed by atoms with E-state index in [0.717, 1.165) is 50.0 Å². The molecule has 1 aromatic rings. The molecule has 2 aliphatic rings. The molecule has 3 rings (SSSR count). The van der Waals surface area contributed by atoms with Crippen LogP contribution < -0.4 is 10.2 Å². The molecule has 1 saturated heterocycles. The van der Waals surface area contributed by atoms with Gasteiger partial charge in [0.15, 0.2) is 11.0 Å². The van der Waals surface area contributed by atoms with Crippen molar-refractivity contribution in [3.8, 4) is 0 Å². The van der Waals surface area contributed by atoms with Gasteiger partial charge in [0.25, 0.3) is 0 Å². The number of piperidine rings is 1. The lowest BCUT2D eigenvalue weighted by molar-refractivity contribution is 0.0164. The summed E-state index contributed by atoms with van der Waals surface area (Å²) in [5.74, 6) is 1.70. The molecule has 5 nitrogen and oxygen atoms in total. The largest absolute Gasteiger partial charge is 0.383 e. The van der Waals surface area contributed by atoms with E-state index in [-0.39, 0.29) is 0 Å². The molecule has 2 fully saturated rings. The van der Waals surface area contributed by atoms with E-state index in [1.807, 2.05) is 7.05 Å². The van der Waals surface area contributed by atoms with E-state index < -0.39 is 0 Å². The highest BCUT2D eigenvalue weighted by molar-refractivity contribution is 6.32. The van der Waals surface area contributed by atoms with Crippen LogP contribution in [-0.2, 0) is 4.74 Å². The van der Waals surface area contributed by atoms with E-state index in [1.54, 1.807) is 0 Å². The van der Waals surface area contributed by atoms with Crippen molar-refractivity contribution < 1.29 is 4.74 Å². The second-order valence-electron chi connectivity index (χ2n) is 6.28. The third-order valence-electron chi connectivity index (χ3n) is 4.81. The van der Waals surface area contributed by atoms with E-state index in [9.17, 15) is 0 Å². The van der Waals surface area contributed by atoms with E-state index >= 15 is 0 Å². The van der Waals surface area contributed by atoms with Crippen molar-refractivity contribution in [2.75, 3.05) is 37.0 Å². The van der Waals surface area contributed by atoms with Gasteiger partial charge in [0.2, 0.25) is 0 Å². The third-order valence-corrected chi connectivity index (χ3v) is 5.10. The predicted octanol–water partition coefficient (Wildman–Crippen LogP) is 3.35. The zero-order valence-electron chi connectivity index (χ0n) is 13.2. The van der Waals surface area contributed by atoms with E-state index in [2.05, 4.69) is 20.2 Å². The zero-order chi connectivity index (χ0) is 15.4. The Bertz CT molecular complexity index is 485. The summed E-state index contributed by atoms with van der Waals surface area (Å²) in [5.41, 5.74) is 0.814. The Morgan fingerprint density at radius 3 is 2.64 bits per heavy atom. The molecular weight excluding hydrogens is 300 g/mol. The van der Waals surface area contributed by atoms with Crippen molar-refractivity contribution in [2.24, 2.45) is 5.92 Å². The molecule has 0 atom stereocenters. The lowest BCUT2D eigenvalue weighted by Crippen LogP contribution is -2.38. The second kappa shape index (κ2) is 7.47. The maximum Gasteiger partial charge on any atom is 0.157 e. The normalized spacial score (nSPS) is 20.5. The summed E-state index contributed by atoms with van der Waals surface area (Å²) in [4.78, 5) is 10.7. The van der Waals surface area contributed by atoms with E-state index in [4.69, 9.17) is 16.3 Å². The van der Waals surface area contributed by atoms with Crippen LogP contribution in [0.2, 0.25) is 5.15 Å². The fraction of sp³-hybridized carbons (Fsp3) is 0.750. The van der Waals surface area contributed by atoms with E-state index in [0.29, 0.717) is 11.3 Å². The number of nitrogens with one attached hydrogen (secondary N) is 1. The Labute approximate surface area is 137 Å². The molecule has 0 bridgehead atoms. The molecule has 22 heavy (non-hydrogen) atoms. The maximum atomic E-state index is 6.13. The first-order valence-electron chi connectivity index (χ1n) is 8.32. The van der Waals surface area contributed by atoms with Crippen LogP contribution in [0.5, 0.6) is 0 Å². The van der Waals surface area contributed by atoms with Gasteiger partial charge >= 0.3 is 0 Å². The summed E-state index contributed by atoms with van der Waals surface area (Å²) in [7, 11) is 1.85. The highest BCUT2D eigenvalue weighted by atomic mass is 35.5. The molecule has 122 valence electrons. The molecule has 1 aliphatic heterocycles. The van der Waals surface area contributed by atoms with Gasteiger partial charge < -0.3 is 15.0 Å². The van der Waals surface area contributed by atoms with Crippen molar-refractivity contribution >= 4 is 23.1 Å². The number of halogens is 1. The van der Waals surface area contributed by atoms with Crippen molar-refractivity contribution in [2.45, 2.75) is 44.6 Å². The van der Waals surface area contributed by atoms with Crippen LogP contribution in [0.4, 0.5) is 11.5 Å². The fourth-order valence-corrected chi connectivity index (χ4v) is 3.72. The Kier molecular flexibility index (Phi) is 5.37. The molecule has 1 aromatic heterocycles. The van der Waals surface area contributed by atoms with Crippen LogP contribution >= 0.6 is 11.6 Å². The van der Waals surface area contributed by atoms with Crippen molar-refractivity contribution in [3.05, 3.63) is 11.5 Å². The standard InChI is InChI=1S/C16H25ClN4O/c1-18-14-15(17)19-11-20-16(14)21-8-6-13(7-9-21)22-10-12-4-2-3-5-12/h11-13,18H,2-10H2,1H3. The van der Waals surface area contributed by atoms with Gasteiger partial charge in [-0.15, -0.1) is 0 Å². The molecule has 0 unspecified atom stereocenters. The number of hydrogen-bond donors (Lipinski definition) is 1. The average Bonchev–Trinajstić information content (AvgIpc) is 3.07. The Morgan fingerprint density at radius 2 is 1.95 bits per heavy atom. The smallest absolute Gasteiger partial charge is 0.157 e.